The zero-order chi connectivity index (χ0) is 14.8. The van der Waals surface area contributed by atoms with Gasteiger partial charge in [0.1, 0.15) is 5.82 Å². The molecule has 1 aromatic heterocycles. The van der Waals surface area contributed by atoms with Crippen molar-refractivity contribution in [3.8, 4) is 11.4 Å². The number of carbonyl (C=O) groups is 1. The summed E-state index contributed by atoms with van der Waals surface area (Å²) >= 11 is 0. The van der Waals surface area contributed by atoms with E-state index in [1.165, 1.54) is 6.07 Å². The summed E-state index contributed by atoms with van der Waals surface area (Å²) in [5, 5.41) is 7.30. The van der Waals surface area contributed by atoms with E-state index in [4.69, 9.17) is 4.74 Å². The Balaban J connectivity index is 1.85. The molecule has 6 nitrogen and oxygen atoms in total. The number of nitrogens with zero attached hydrogens (tertiary/aromatic N) is 3. The molecule has 2 heterocycles. The fourth-order valence-corrected chi connectivity index (χ4v) is 2.26. The molecule has 0 saturated carbocycles. The van der Waals surface area contributed by atoms with E-state index in [2.05, 4.69) is 15.4 Å². The van der Waals surface area contributed by atoms with Crippen molar-refractivity contribution in [2.45, 2.75) is 13.5 Å². The van der Waals surface area contributed by atoms with Gasteiger partial charge in [-0.2, -0.15) is 4.98 Å². The normalized spacial score (nSPS) is 17.0. The average Bonchev–Trinajstić information content (AvgIpc) is 2.90. The van der Waals surface area contributed by atoms with E-state index in [0.29, 0.717) is 37.0 Å². The number of hydrogen-bond donors (Lipinski definition) is 1. The smallest absolute Gasteiger partial charge is 0.312 e. The zero-order valence-corrected chi connectivity index (χ0v) is 11.5. The fourth-order valence-electron chi connectivity index (χ4n) is 2.26. The highest BCUT2D eigenvalue weighted by molar-refractivity contribution is 5.73. The maximum Gasteiger partial charge on any atom is 0.312 e. The number of rotatable bonds is 3. The first kappa shape index (κ1) is 13.5. The summed E-state index contributed by atoms with van der Waals surface area (Å²) in [4.78, 5) is 16.0. The Morgan fingerprint density at radius 2 is 2.33 bits per heavy atom. The first-order valence-corrected chi connectivity index (χ1v) is 6.79. The Morgan fingerprint density at radius 3 is 3.10 bits per heavy atom. The van der Waals surface area contributed by atoms with Gasteiger partial charge in [-0.15, -0.1) is 5.10 Å². The van der Waals surface area contributed by atoms with Gasteiger partial charge in [0.25, 0.3) is 0 Å². The number of hydrogen-bond acceptors (Lipinski definition) is 5. The molecule has 7 heteroatoms. The first-order valence-electron chi connectivity index (χ1n) is 6.79. The Morgan fingerprint density at radius 1 is 1.52 bits per heavy atom. The summed E-state index contributed by atoms with van der Waals surface area (Å²) in [7, 11) is 0. The van der Waals surface area contributed by atoms with Crippen LogP contribution in [0.4, 0.5) is 10.3 Å². The highest BCUT2D eigenvalue weighted by atomic mass is 19.1. The van der Waals surface area contributed by atoms with Crippen molar-refractivity contribution in [2.75, 3.05) is 18.5 Å². The molecule has 1 unspecified atom stereocenters. The average molecular weight is 290 g/mol. The van der Waals surface area contributed by atoms with Crippen LogP contribution in [0.5, 0.6) is 0 Å². The van der Waals surface area contributed by atoms with Crippen LogP contribution in [-0.4, -0.2) is 33.9 Å². The molecule has 0 bridgehead atoms. The molecule has 3 rings (SSSR count). The molecule has 21 heavy (non-hydrogen) atoms. The second-order valence-corrected chi connectivity index (χ2v) is 4.75. The van der Waals surface area contributed by atoms with E-state index in [1.54, 1.807) is 29.8 Å². The van der Waals surface area contributed by atoms with Gasteiger partial charge in [-0.25, -0.2) is 9.07 Å². The predicted molar refractivity (Wildman–Crippen MR) is 74.0 cm³/mol. The van der Waals surface area contributed by atoms with Crippen LogP contribution in [0.25, 0.3) is 11.4 Å². The summed E-state index contributed by atoms with van der Waals surface area (Å²) in [6, 6.07) is 6.33. The lowest BCUT2D eigenvalue weighted by molar-refractivity contribution is -0.148. The van der Waals surface area contributed by atoms with Crippen LogP contribution >= 0.6 is 0 Å². The third-order valence-electron chi connectivity index (χ3n) is 3.31. The highest BCUT2D eigenvalue weighted by Crippen LogP contribution is 2.23. The van der Waals surface area contributed by atoms with Crippen molar-refractivity contribution < 1.29 is 13.9 Å². The van der Waals surface area contributed by atoms with Crippen LogP contribution in [0, 0.1) is 11.7 Å². The standard InChI is InChI=1S/C14H15FN4O2/c1-2-21-13(20)9-7-16-14-17-12(18-19(14)8-9)10-5-3-4-6-11(10)15/h3-6,9H,2,7-8H2,1H3,(H,16,17,18). The lowest BCUT2D eigenvalue weighted by Gasteiger charge is -2.21. The highest BCUT2D eigenvalue weighted by Gasteiger charge is 2.28. The Kier molecular flexibility index (Phi) is 3.55. The van der Waals surface area contributed by atoms with E-state index in [1.807, 2.05) is 0 Å². The van der Waals surface area contributed by atoms with Gasteiger partial charge in [0.15, 0.2) is 5.82 Å². The minimum absolute atomic E-state index is 0.265. The van der Waals surface area contributed by atoms with Gasteiger partial charge < -0.3 is 10.1 Å². The van der Waals surface area contributed by atoms with E-state index < -0.39 is 0 Å². The minimum atomic E-state index is -0.373. The topological polar surface area (TPSA) is 69.0 Å². The molecule has 0 fully saturated rings. The van der Waals surface area contributed by atoms with Crippen LogP contribution in [-0.2, 0) is 16.1 Å². The SMILES string of the molecule is CCOC(=O)C1CNc2nc(-c3ccccc3F)nn2C1. The Bertz CT molecular complexity index is 671. The molecule has 1 aromatic carbocycles. The van der Waals surface area contributed by atoms with Crippen LogP contribution < -0.4 is 5.32 Å². The fraction of sp³-hybridized carbons (Fsp3) is 0.357. The second kappa shape index (κ2) is 5.51. The van der Waals surface area contributed by atoms with E-state index >= 15 is 0 Å². The van der Waals surface area contributed by atoms with Crippen LogP contribution in [0.1, 0.15) is 6.92 Å². The zero-order valence-electron chi connectivity index (χ0n) is 11.5. The van der Waals surface area contributed by atoms with Gasteiger partial charge in [-0.3, -0.25) is 4.79 Å². The number of benzene rings is 1. The summed E-state index contributed by atoms with van der Waals surface area (Å²) < 4.78 is 20.3. The molecule has 1 N–H and O–H groups in total. The largest absolute Gasteiger partial charge is 0.466 e. The van der Waals surface area contributed by atoms with Gasteiger partial charge >= 0.3 is 5.97 Å². The minimum Gasteiger partial charge on any atom is -0.466 e. The van der Waals surface area contributed by atoms with Gasteiger partial charge in [0.2, 0.25) is 5.95 Å². The number of carbonyl (C=O) groups excluding carboxylic acids is 1. The molecule has 0 saturated heterocycles. The molecule has 0 spiro atoms. The van der Waals surface area contributed by atoms with Crippen molar-refractivity contribution in [1.82, 2.24) is 14.8 Å². The van der Waals surface area contributed by atoms with Gasteiger partial charge in [-0.05, 0) is 19.1 Å². The quantitative estimate of drug-likeness (QED) is 0.871. The number of nitrogens with one attached hydrogen (secondary N) is 1. The first-order chi connectivity index (χ1) is 10.2. The van der Waals surface area contributed by atoms with Gasteiger partial charge in [0.05, 0.1) is 24.6 Å². The van der Waals surface area contributed by atoms with Crippen molar-refractivity contribution in [3.63, 3.8) is 0 Å². The second-order valence-electron chi connectivity index (χ2n) is 4.75. The summed E-state index contributed by atoms with van der Waals surface area (Å²) in [6.45, 7) is 2.93. The Hall–Kier alpha value is -2.44. The number of ether oxygens (including phenoxy) is 1. The number of anilines is 1. The summed E-state index contributed by atoms with van der Waals surface area (Å²) in [5.74, 6) is -0.109. The number of halogens is 1. The number of aromatic nitrogens is 3. The predicted octanol–water partition coefficient (Wildman–Crippen LogP) is 1.69. The monoisotopic (exact) mass is 290 g/mol. The van der Waals surface area contributed by atoms with Gasteiger partial charge in [-0.1, -0.05) is 12.1 Å². The molecule has 1 aliphatic heterocycles. The third-order valence-corrected chi connectivity index (χ3v) is 3.31. The lowest BCUT2D eigenvalue weighted by Crippen LogP contribution is -2.34. The molecule has 0 aliphatic carbocycles. The summed E-state index contributed by atoms with van der Waals surface area (Å²) in [6.07, 6.45) is 0. The molecule has 110 valence electrons. The molecule has 2 aromatic rings. The van der Waals surface area contributed by atoms with E-state index in [9.17, 15) is 9.18 Å². The summed E-state index contributed by atoms with van der Waals surface area (Å²) in [5.41, 5.74) is 0.342. The van der Waals surface area contributed by atoms with E-state index in [0.717, 1.165) is 0 Å². The van der Waals surface area contributed by atoms with Crippen molar-refractivity contribution in [3.05, 3.63) is 30.1 Å². The number of esters is 1. The molecule has 0 amide bonds. The molecular weight excluding hydrogens is 275 g/mol. The molecular formula is C14H15FN4O2. The van der Waals surface area contributed by atoms with Crippen molar-refractivity contribution in [2.24, 2.45) is 5.92 Å². The number of fused-ring (bicyclic) bond motifs is 1. The molecule has 1 aliphatic rings. The lowest BCUT2D eigenvalue weighted by atomic mass is 10.1. The molecule has 1 atom stereocenters. The van der Waals surface area contributed by atoms with Gasteiger partial charge in [0, 0.05) is 6.54 Å². The van der Waals surface area contributed by atoms with Crippen LogP contribution in [0.15, 0.2) is 24.3 Å². The maximum atomic E-state index is 13.8. The molecule has 0 radical (unpaired) electrons. The maximum absolute atomic E-state index is 13.8. The van der Waals surface area contributed by atoms with Crippen molar-refractivity contribution >= 4 is 11.9 Å². The van der Waals surface area contributed by atoms with Crippen LogP contribution in [0.2, 0.25) is 0 Å². The third kappa shape index (κ3) is 2.58. The Labute approximate surface area is 120 Å². The van der Waals surface area contributed by atoms with Crippen molar-refractivity contribution in [1.29, 1.82) is 0 Å². The van der Waals surface area contributed by atoms with E-state index in [-0.39, 0.29) is 17.7 Å². The van der Waals surface area contributed by atoms with Crippen LogP contribution in [0.3, 0.4) is 0 Å².